The first kappa shape index (κ1) is 13.0. The van der Waals surface area contributed by atoms with E-state index in [4.69, 9.17) is 0 Å². The SMILES string of the molecule is Cc1cccc(NC2(C#N)CC(C)(C)CC2C)c1. The lowest BCUT2D eigenvalue weighted by atomic mass is 9.87. The molecule has 0 aliphatic heterocycles. The van der Waals surface area contributed by atoms with Crippen LogP contribution in [-0.4, -0.2) is 5.54 Å². The smallest absolute Gasteiger partial charge is 0.128 e. The Bertz CT molecular complexity index is 484. The van der Waals surface area contributed by atoms with Gasteiger partial charge in [-0.3, -0.25) is 0 Å². The number of nitrogens with one attached hydrogen (secondary N) is 1. The van der Waals surface area contributed by atoms with Crippen LogP contribution in [0.15, 0.2) is 24.3 Å². The van der Waals surface area contributed by atoms with Crippen molar-refractivity contribution in [3.05, 3.63) is 29.8 Å². The lowest BCUT2D eigenvalue weighted by Crippen LogP contribution is -2.39. The summed E-state index contributed by atoms with van der Waals surface area (Å²) in [4.78, 5) is 0. The van der Waals surface area contributed by atoms with Crippen molar-refractivity contribution in [2.45, 2.75) is 46.1 Å². The topological polar surface area (TPSA) is 35.8 Å². The van der Waals surface area contributed by atoms with Crippen molar-refractivity contribution >= 4 is 5.69 Å². The summed E-state index contributed by atoms with van der Waals surface area (Å²) in [5.74, 6) is 0.373. The predicted octanol–water partition coefficient (Wildman–Crippen LogP) is 4.13. The van der Waals surface area contributed by atoms with Gasteiger partial charge < -0.3 is 5.32 Å². The van der Waals surface area contributed by atoms with Crippen LogP contribution in [0.1, 0.15) is 39.2 Å². The van der Waals surface area contributed by atoms with Crippen molar-refractivity contribution in [3.63, 3.8) is 0 Å². The van der Waals surface area contributed by atoms with Crippen LogP contribution in [0.3, 0.4) is 0 Å². The molecule has 1 aromatic carbocycles. The standard InChI is InChI=1S/C16H22N2/c1-12-6-5-7-14(8-12)18-16(11-17)10-15(3,4)9-13(16)2/h5-8,13,18H,9-10H2,1-4H3. The Hall–Kier alpha value is -1.49. The second-order valence-electron chi connectivity index (χ2n) is 6.52. The molecule has 0 amide bonds. The van der Waals surface area contributed by atoms with E-state index < -0.39 is 5.54 Å². The summed E-state index contributed by atoms with van der Waals surface area (Å²) in [7, 11) is 0. The average Bonchev–Trinajstić information content (AvgIpc) is 2.49. The molecular formula is C16H22N2. The van der Waals surface area contributed by atoms with Crippen molar-refractivity contribution in [3.8, 4) is 6.07 Å². The summed E-state index contributed by atoms with van der Waals surface area (Å²) < 4.78 is 0. The monoisotopic (exact) mass is 242 g/mol. The number of nitrogens with zero attached hydrogens (tertiary/aromatic N) is 1. The molecule has 2 nitrogen and oxygen atoms in total. The molecule has 2 atom stereocenters. The van der Waals surface area contributed by atoms with E-state index in [1.165, 1.54) is 5.56 Å². The Morgan fingerprint density at radius 2 is 2.11 bits per heavy atom. The van der Waals surface area contributed by atoms with Gasteiger partial charge in [-0.2, -0.15) is 5.26 Å². The largest absolute Gasteiger partial charge is 0.367 e. The van der Waals surface area contributed by atoms with E-state index in [-0.39, 0.29) is 5.41 Å². The van der Waals surface area contributed by atoms with Crippen molar-refractivity contribution in [1.82, 2.24) is 0 Å². The number of benzene rings is 1. The zero-order chi connectivity index (χ0) is 13.4. The van der Waals surface area contributed by atoms with Crippen LogP contribution in [0.5, 0.6) is 0 Å². The van der Waals surface area contributed by atoms with Gasteiger partial charge in [0.15, 0.2) is 0 Å². The first-order valence-corrected chi connectivity index (χ1v) is 6.63. The Morgan fingerprint density at radius 3 is 2.61 bits per heavy atom. The molecule has 1 aliphatic rings. The van der Waals surface area contributed by atoms with E-state index >= 15 is 0 Å². The molecule has 0 aromatic heterocycles. The van der Waals surface area contributed by atoms with E-state index in [1.807, 2.05) is 12.1 Å². The highest BCUT2D eigenvalue weighted by Gasteiger charge is 2.49. The highest BCUT2D eigenvalue weighted by atomic mass is 15.0. The van der Waals surface area contributed by atoms with Gasteiger partial charge in [-0.25, -0.2) is 0 Å². The zero-order valence-electron chi connectivity index (χ0n) is 11.7. The fourth-order valence-corrected chi connectivity index (χ4v) is 3.33. The maximum Gasteiger partial charge on any atom is 0.128 e. The Balaban J connectivity index is 2.28. The predicted molar refractivity (Wildman–Crippen MR) is 75.3 cm³/mol. The van der Waals surface area contributed by atoms with Gasteiger partial charge in [-0.15, -0.1) is 0 Å². The van der Waals surface area contributed by atoms with Gasteiger partial charge in [0.25, 0.3) is 0 Å². The number of nitriles is 1. The summed E-state index contributed by atoms with van der Waals surface area (Å²) >= 11 is 0. The van der Waals surface area contributed by atoms with Crippen molar-refractivity contribution in [1.29, 1.82) is 5.26 Å². The molecule has 1 aromatic rings. The molecule has 0 heterocycles. The molecule has 0 radical (unpaired) electrons. The third-order valence-electron chi connectivity index (χ3n) is 4.04. The molecular weight excluding hydrogens is 220 g/mol. The summed E-state index contributed by atoms with van der Waals surface area (Å²) in [6.45, 7) is 8.76. The van der Waals surface area contributed by atoms with E-state index in [2.05, 4.69) is 51.2 Å². The third kappa shape index (κ3) is 2.36. The second kappa shape index (κ2) is 4.31. The summed E-state index contributed by atoms with van der Waals surface area (Å²) in [6, 6.07) is 10.8. The van der Waals surface area contributed by atoms with Crippen LogP contribution in [-0.2, 0) is 0 Å². The lowest BCUT2D eigenvalue weighted by molar-refractivity contribution is 0.363. The van der Waals surface area contributed by atoms with Gasteiger partial charge >= 0.3 is 0 Å². The van der Waals surface area contributed by atoms with Crippen LogP contribution in [0.2, 0.25) is 0 Å². The lowest BCUT2D eigenvalue weighted by Gasteiger charge is -2.29. The van der Waals surface area contributed by atoms with Gasteiger partial charge in [0, 0.05) is 5.69 Å². The molecule has 96 valence electrons. The van der Waals surface area contributed by atoms with Crippen LogP contribution in [0.25, 0.3) is 0 Å². The molecule has 1 saturated carbocycles. The maximum atomic E-state index is 9.64. The van der Waals surface area contributed by atoms with E-state index in [0.29, 0.717) is 5.92 Å². The molecule has 2 unspecified atom stereocenters. The average molecular weight is 242 g/mol. The number of anilines is 1. The minimum absolute atomic E-state index is 0.242. The molecule has 0 spiro atoms. The van der Waals surface area contributed by atoms with Gasteiger partial charge in [0.1, 0.15) is 5.54 Å². The second-order valence-corrected chi connectivity index (χ2v) is 6.52. The molecule has 18 heavy (non-hydrogen) atoms. The fourth-order valence-electron chi connectivity index (χ4n) is 3.33. The molecule has 0 bridgehead atoms. The van der Waals surface area contributed by atoms with E-state index in [1.54, 1.807) is 0 Å². The summed E-state index contributed by atoms with van der Waals surface area (Å²) in [6.07, 6.45) is 2.00. The maximum absolute atomic E-state index is 9.64. The third-order valence-corrected chi connectivity index (χ3v) is 4.04. The Kier molecular flexibility index (Phi) is 3.11. The minimum Gasteiger partial charge on any atom is -0.367 e. The van der Waals surface area contributed by atoms with Crippen molar-refractivity contribution in [2.75, 3.05) is 5.32 Å². The fraction of sp³-hybridized carbons (Fsp3) is 0.562. The van der Waals surface area contributed by atoms with Crippen LogP contribution >= 0.6 is 0 Å². The van der Waals surface area contributed by atoms with Crippen LogP contribution in [0, 0.1) is 29.6 Å². The van der Waals surface area contributed by atoms with E-state index in [9.17, 15) is 5.26 Å². The number of aryl methyl sites for hydroxylation is 1. The first-order chi connectivity index (χ1) is 8.37. The summed E-state index contributed by atoms with van der Waals surface area (Å²) in [5.41, 5.74) is 2.10. The van der Waals surface area contributed by atoms with Gasteiger partial charge in [-0.1, -0.05) is 32.9 Å². The summed E-state index contributed by atoms with van der Waals surface area (Å²) in [5, 5.41) is 13.1. The van der Waals surface area contributed by atoms with Crippen molar-refractivity contribution in [2.24, 2.45) is 11.3 Å². The highest BCUT2D eigenvalue weighted by Crippen LogP contribution is 2.48. The highest BCUT2D eigenvalue weighted by molar-refractivity contribution is 5.50. The van der Waals surface area contributed by atoms with Gasteiger partial charge in [0.05, 0.1) is 6.07 Å². The normalized spacial score (nSPS) is 29.8. The minimum atomic E-state index is -0.419. The first-order valence-electron chi connectivity index (χ1n) is 6.63. The number of rotatable bonds is 2. The van der Waals surface area contributed by atoms with Crippen LogP contribution < -0.4 is 5.32 Å². The van der Waals surface area contributed by atoms with E-state index in [0.717, 1.165) is 18.5 Å². The quantitative estimate of drug-likeness (QED) is 0.846. The number of hydrogen-bond acceptors (Lipinski definition) is 2. The van der Waals surface area contributed by atoms with Gasteiger partial charge in [0.2, 0.25) is 0 Å². The molecule has 1 N–H and O–H groups in total. The molecule has 1 fully saturated rings. The zero-order valence-corrected chi connectivity index (χ0v) is 11.7. The Labute approximate surface area is 110 Å². The van der Waals surface area contributed by atoms with Crippen LogP contribution in [0.4, 0.5) is 5.69 Å². The molecule has 2 heteroatoms. The number of hydrogen-bond donors (Lipinski definition) is 1. The van der Waals surface area contributed by atoms with Crippen molar-refractivity contribution < 1.29 is 0 Å². The molecule has 1 aliphatic carbocycles. The molecule has 0 saturated heterocycles. The molecule has 2 rings (SSSR count). The Morgan fingerprint density at radius 1 is 1.39 bits per heavy atom. The van der Waals surface area contributed by atoms with Gasteiger partial charge in [-0.05, 0) is 48.8 Å².